The predicted molar refractivity (Wildman–Crippen MR) is 149 cm³/mol. The van der Waals surface area contributed by atoms with Gasteiger partial charge in [0, 0.05) is 19.2 Å². The molecule has 0 heterocycles. The number of hydrogen-bond donors (Lipinski definition) is 0. The summed E-state index contributed by atoms with van der Waals surface area (Å²) in [5.41, 5.74) is 8.64. The van der Waals surface area contributed by atoms with Gasteiger partial charge in [-0.05, 0) is 92.8 Å². The molecule has 2 nitrogen and oxygen atoms in total. The molecule has 0 atom stereocenters. The van der Waals surface area contributed by atoms with Crippen LogP contribution in [0.1, 0.15) is 46.0 Å². The largest absolute Gasteiger partial charge is 0.492 e. The fraction of sp³-hybridized carbons (Fsp3) is 0.323. The van der Waals surface area contributed by atoms with Gasteiger partial charge in [-0.15, -0.1) is 12.2 Å². The number of terminal acetylenes is 1. The van der Waals surface area contributed by atoms with Crippen LogP contribution < -0.4 is 0 Å². The Morgan fingerprint density at radius 1 is 1.24 bits per heavy atom. The summed E-state index contributed by atoms with van der Waals surface area (Å²) >= 11 is 5.80. The standard InChI is InChI=1S/C31H38ClNO/c1-7-26(3)17-19-29(8-2)20-18-28(5)25-27(4)13-10-9-11-14-30-15-12-16-31(22-21-30)34-24-23-33(6)32/h2,9,12-13,16-22H,4-5,7,11,14-15,23-25H2,1,3,6H3/b20-18+,26-17-,29-19+. The number of ether oxygens (including phenoxy) is 1. The fourth-order valence-corrected chi connectivity index (χ4v) is 2.92. The molecule has 0 radical (unpaired) electrons. The Labute approximate surface area is 212 Å². The maximum atomic E-state index is 5.80. The summed E-state index contributed by atoms with van der Waals surface area (Å²) in [5, 5.41) is 0. The molecule has 0 aromatic heterocycles. The maximum absolute atomic E-state index is 5.80. The number of likely N-dealkylation sites (N-methyl/N-ethyl adjacent to an activating group) is 1. The lowest BCUT2D eigenvalue weighted by atomic mass is 10.1. The third-order valence-electron chi connectivity index (χ3n) is 5.05. The van der Waals surface area contributed by atoms with E-state index in [-0.39, 0.29) is 0 Å². The highest BCUT2D eigenvalue weighted by Gasteiger charge is 2.01. The summed E-state index contributed by atoms with van der Waals surface area (Å²) in [5.74, 6) is 3.57. The first kappa shape index (κ1) is 29.1. The molecule has 0 aliphatic heterocycles. The first-order chi connectivity index (χ1) is 16.3. The van der Waals surface area contributed by atoms with Crippen LogP contribution in [0, 0.1) is 12.3 Å². The second-order valence-corrected chi connectivity index (χ2v) is 8.77. The van der Waals surface area contributed by atoms with Crippen LogP contribution in [0.4, 0.5) is 0 Å². The Bertz CT molecular complexity index is 983. The van der Waals surface area contributed by atoms with Gasteiger partial charge in [-0.25, -0.2) is 4.42 Å². The van der Waals surface area contributed by atoms with Gasteiger partial charge in [0.1, 0.15) is 12.4 Å². The van der Waals surface area contributed by atoms with E-state index in [0.717, 1.165) is 48.2 Å². The van der Waals surface area contributed by atoms with Gasteiger partial charge in [-0.3, -0.25) is 0 Å². The third kappa shape index (κ3) is 14.2. The van der Waals surface area contributed by atoms with E-state index in [4.69, 9.17) is 22.9 Å². The number of hydrogen-bond acceptors (Lipinski definition) is 2. The average molecular weight is 476 g/mol. The Morgan fingerprint density at radius 3 is 2.74 bits per heavy atom. The highest BCUT2D eigenvalue weighted by molar-refractivity contribution is 6.13. The monoisotopic (exact) mass is 475 g/mol. The van der Waals surface area contributed by atoms with Crippen LogP contribution in [0.2, 0.25) is 0 Å². The fourth-order valence-electron chi connectivity index (χ4n) is 2.85. The van der Waals surface area contributed by atoms with Crippen molar-refractivity contribution in [1.82, 2.24) is 4.42 Å². The molecule has 1 aliphatic carbocycles. The van der Waals surface area contributed by atoms with Crippen molar-refractivity contribution in [1.29, 1.82) is 0 Å². The average Bonchev–Trinajstić information content (AvgIpc) is 3.03. The molecule has 0 aromatic rings. The molecule has 0 saturated heterocycles. The van der Waals surface area contributed by atoms with Crippen LogP contribution in [0.15, 0.2) is 113 Å². The Morgan fingerprint density at radius 2 is 2.03 bits per heavy atom. The molecule has 0 aromatic carbocycles. The predicted octanol–water partition coefficient (Wildman–Crippen LogP) is 8.32. The zero-order valence-corrected chi connectivity index (χ0v) is 21.7. The van der Waals surface area contributed by atoms with Gasteiger partial charge in [-0.1, -0.05) is 67.0 Å². The Hall–Kier alpha value is -2.95. The second kappa shape index (κ2) is 17.5. The van der Waals surface area contributed by atoms with Crippen molar-refractivity contribution in [3.05, 3.63) is 113 Å². The molecule has 0 fully saturated rings. The minimum absolute atomic E-state index is 0.566. The normalized spacial score (nSPS) is 14.1. The van der Waals surface area contributed by atoms with Crippen LogP contribution >= 0.6 is 11.8 Å². The second-order valence-electron chi connectivity index (χ2n) is 8.19. The Kier molecular flexibility index (Phi) is 15.0. The molecule has 1 aliphatic rings. The van der Waals surface area contributed by atoms with Gasteiger partial charge in [0.05, 0.1) is 0 Å². The first-order valence-corrected chi connectivity index (χ1v) is 12.0. The molecule has 0 spiro atoms. The van der Waals surface area contributed by atoms with Crippen LogP contribution in [-0.4, -0.2) is 24.6 Å². The Balaban J connectivity index is 2.47. The summed E-state index contributed by atoms with van der Waals surface area (Å²) in [6.45, 7) is 13.7. The lowest BCUT2D eigenvalue weighted by Gasteiger charge is -2.08. The van der Waals surface area contributed by atoms with Gasteiger partial charge >= 0.3 is 0 Å². The van der Waals surface area contributed by atoms with Crippen molar-refractivity contribution in [3.63, 3.8) is 0 Å². The maximum Gasteiger partial charge on any atom is 0.119 e. The molecule has 180 valence electrons. The topological polar surface area (TPSA) is 12.5 Å². The van der Waals surface area contributed by atoms with Crippen molar-refractivity contribution in [2.75, 3.05) is 20.2 Å². The highest BCUT2D eigenvalue weighted by atomic mass is 35.5. The molecule has 1 rings (SSSR count). The van der Waals surface area contributed by atoms with E-state index >= 15 is 0 Å². The van der Waals surface area contributed by atoms with Gasteiger partial charge in [0.15, 0.2) is 0 Å². The van der Waals surface area contributed by atoms with E-state index in [9.17, 15) is 0 Å². The molecule has 0 amide bonds. The molecular formula is C31H38ClNO. The smallest absolute Gasteiger partial charge is 0.119 e. The van der Waals surface area contributed by atoms with Crippen LogP contribution in [0.3, 0.4) is 0 Å². The van der Waals surface area contributed by atoms with Crippen molar-refractivity contribution in [2.24, 2.45) is 0 Å². The quantitative estimate of drug-likeness (QED) is 0.108. The van der Waals surface area contributed by atoms with Crippen LogP contribution in [-0.2, 0) is 4.74 Å². The van der Waals surface area contributed by atoms with Gasteiger partial charge < -0.3 is 4.74 Å². The minimum atomic E-state index is 0.566. The lowest BCUT2D eigenvalue weighted by molar-refractivity contribution is 0.210. The summed E-state index contributed by atoms with van der Waals surface area (Å²) in [4.78, 5) is 0. The summed E-state index contributed by atoms with van der Waals surface area (Å²) in [6, 6.07) is 0. The minimum Gasteiger partial charge on any atom is -0.492 e. The van der Waals surface area contributed by atoms with E-state index in [1.165, 1.54) is 11.1 Å². The number of halogens is 1. The molecular weight excluding hydrogens is 438 g/mol. The van der Waals surface area contributed by atoms with Crippen LogP contribution in [0.5, 0.6) is 0 Å². The van der Waals surface area contributed by atoms with Crippen molar-refractivity contribution >= 4 is 11.8 Å². The van der Waals surface area contributed by atoms with Crippen molar-refractivity contribution in [2.45, 2.75) is 46.0 Å². The number of allylic oxidation sites excluding steroid dienone is 14. The first-order valence-electron chi connectivity index (χ1n) is 11.7. The molecule has 0 unspecified atom stereocenters. The van der Waals surface area contributed by atoms with E-state index in [2.05, 4.69) is 63.0 Å². The van der Waals surface area contributed by atoms with Gasteiger partial charge in [-0.2, -0.15) is 0 Å². The molecule has 0 saturated carbocycles. The van der Waals surface area contributed by atoms with Crippen molar-refractivity contribution in [3.8, 4) is 12.3 Å². The van der Waals surface area contributed by atoms with Gasteiger partial charge in [0.25, 0.3) is 0 Å². The van der Waals surface area contributed by atoms with Crippen molar-refractivity contribution < 1.29 is 4.74 Å². The number of nitrogens with zero attached hydrogens (tertiary/aromatic N) is 1. The zero-order chi connectivity index (χ0) is 25.2. The van der Waals surface area contributed by atoms with E-state index in [0.29, 0.717) is 19.6 Å². The molecule has 0 bridgehead atoms. The number of rotatable bonds is 14. The van der Waals surface area contributed by atoms with Crippen LogP contribution in [0.25, 0.3) is 0 Å². The molecule has 34 heavy (non-hydrogen) atoms. The van der Waals surface area contributed by atoms with E-state index in [1.54, 1.807) is 4.42 Å². The lowest BCUT2D eigenvalue weighted by Crippen LogP contribution is -2.12. The van der Waals surface area contributed by atoms with E-state index in [1.807, 2.05) is 43.5 Å². The summed E-state index contributed by atoms with van der Waals surface area (Å²) in [7, 11) is 1.81. The van der Waals surface area contributed by atoms with E-state index < -0.39 is 0 Å². The SMILES string of the molecule is C#CC(=C\C=C(\C)CC)/C=C/C(=C)CC(=C)C=C=CCCC1=CC=C(OCCN(C)Cl)C=CC1. The summed E-state index contributed by atoms with van der Waals surface area (Å²) < 4.78 is 7.31. The zero-order valence-electron chi connectivity index (χ0n) is 20.9. The summed E-state index contributed by atoms with van der Waals surface area (Å²) in [6.07, 6.45) is 30.3. The molecule has 3 heteroatoms. The highest BCUT2D eigenvalue weighted by Crippen LogP contribution is 2.17. The molecule has 0 N–H and O–H groups in total. The van der Waals surface area contributed by atoms with Gasteiger partial charge in [0.2, 0.25) is 0 Å². The third-order valence-corrected chi connectivity index (χ3v) is 5.22.